The number of hydrogen-bond donors (Lipinski definition) is 2. The maximum Gasteiger partial charge on any atom is 0.412 e. The number of nitrogens with zero attached hydrogens (tertiary/aromatic N) is 1. The average Bonchev–Trinajstić information content (AvgIpc) is 3.00. The second kappa shape index (κ2) is 7.41. The molecule has 2 aromatic carbocycles. The first-order valence-electron chi connectivity index (χ1n) is 8.56. The van der Waals surface area contributed by atoms with Gasteiger partial charge in [0.1, 0.15) is 5.82 Å². The van der Waals surface area contributed by atoms with Gasteiger partial charge < -0.3 is 9.72 Å². The summed E-state index contributed by atoms with van der Waals surface area (Å²) in [6.45, 7) is 8.23. The lowest BCUT2D eigenvalue weighted by Gasteiger charge is -2.18. The van der Waals surface area contributed by atoms with Crippen molar-refractivity contribution in [1.82, 2.24) is 9.97 Å². The lowest BCUT2D eigenvalue weighted by Crippen LogP contribution is -2.16. The van der Waals surface area contributed by atoms with E-state index in [4.69, 9.17) is 27.9 Å². The number of imidazole rings is 1. The Kier molecular flexibility index (Phi) is 5.36. The van der Waals surface area contributed by atoms with Crippen LogP contribution in [-0.4, -0.2) is 16.1 Å². The summed E-state index contributed by atoms with van der Waals surface area (Å²) in [4.78, 5) is 19.9. The highest BCUT2D eigenvalue weighted by Gasteiger charge is 2.18. The van der Waals surface area contributed by atoms with Crippen LogP contribution in [0.15, 0.2) is 36.4 Å². The summed E-state index contributed by atoms with van der Waals surface area (Å²) in [5, 5.41) is 3.40. The molecule has 1 amide bonds. The third-order valence-corrected chi connectivity index (χ3v) is 4.94. The SMILES string of the molecule is CC(OC(=O)Nc1ccc(Cl)c(Cl)c1)c1nc2ccc(C(C)(C)C)cc2[nH]1. The molecular formula is C20H21Cl2N3O2. The van der Waals surface area contributed by atoms with Crippen LogP contribution in [0.25, 0.3) is 11.0 Å². The van der Waals surface area contributed by atoms with Crippen LogP contribution in [-0.2, 0) is 10.2 Å². The highest BCUT2D eigenvalue weighted by Crippen LogP contribution is 2.27. The van der Waals surface area contributed by atoms with Gasteiger partial charge in [-0.1, -0.05) is 50.0 Å². The normalized spacial score (nSPS) is 12.8. The fourth-order valence-corrected chi connectivity index (χ4v) is 2.92. The van der Waals surface area contributed by atoms with Gasteiger partial charge in [-0.15, -0.1) is 0 Å². The number of carbonyl (C=O) groups is 1. The predicted octanol–water partition coefficient (Wildman–Crippen LogP) is 6.48. The molecule has 142 valence electrons. The molecule has 3 aromatic rings. The largest absolute Gasteiger partial charge is 0.438 e. The smallest absolute Gasteiger partial charge is 0.412 e. The Morgan fingerprint density at radius 2 is 1.89 bits per heavy atom. The molecule has 0 fully saturated rings. The van der Waals surface area contributed by atoms with Crippen LogP contribution in [0.1, 0.15) is 45.2 Å². The second-order valence-electron chi connectivity index (χ2n) is 7.41. The Bertz CT molecular complexity index is 993. The molecule has 3 rings (SSSR count). The minimum Gasteiger partial charge on any atom is -0.438 e. The van der Waals surface area contributed by atoms with Crippen LogP contribution in [0.2, 0.25) is 10.0 Å². The first kappa shape index (κ1) is 19.5. The molecule has 0 aliphatic carbocycles. The first-order valence-corrected chi connectivity index (χ1v) is 9.32. The fraction of sp³-hybridized carbons (Fsp3) is 0.300. The van der Waals surface area contributed by atoms with E-state index in [1.807, 2.05) is 6.07 Å². The van der Waals surface area contributed by atoms with E-state index in [1.165, 1.54) is 5.56 Å². The van der Waals surface area contributed by atoms with E-state index in [0.717, 1.165) is 11.0 Å². The summed E-state index contributed by atoms with van der Waals surface area (Å²) in [6, 6.07) is 10.9. The number of benzene rings is 2. The van der Waals surface area contributed by atoms with Gasteiger partial charge in [0.05, 0.1) is 21.1 Å². The van der Waals surface area contributed by atoms with Gasteiger partial charge in [0.25, 0.3) is 0 Å². The lowest BCUT2D eigenvalue weighted by atomic mass is 9.87. The van der Waals surface area contributed by atoms with Crippen molar-refractivity contribution in [1.29, 1.82) is 0 Å². The Balaban J connectivity index is 1.72. The minimum atomic E-state index is -0.600. The molecule has 0 saturated carbocycles. The van der Waals surface area contributed by atoms with Crippen molar-refractivity contribution in [3.63, 3.8) is 0 Å². The van der Waals surface area contributed by atoms with Gasteiger partial charge in [0, 0.05) is 5.69 Å². The number of carbonyl (C=O) groups excluding carboxylic acids is 1. The molecule has 1 heterocycles. The van der Waals surface area contributed by atoms with Crippen LogP contribution in [0, 0.1) is 0 Å². The van der Waals surface area contributed by atoms with Crippen molar-refractivity contribution in [3.8, 4) is 0 Å². The van der Waals surface area contributed by atoms with Gasteiger partial charge in [0.15, 0.2) is 6.10 Å². The monoisotopic (exact) mass is 405 g/mol. The van der Waals surface area contributed by atoms with Crippen LogP contribution >= 0.6 is 23.2 Å². The Morgan fingerprint density at radius 1 is 1.15 bits per heavy atom. The molecule has 0 bridgehead atoms. The maximum absolute atomic E-state index is 12.1. The molecule has 7 heteroatoms. The van der Waals surface area contributed by atoms with E-state index < -0.39 is 12.2 Å². The maximum atomic E-state index is 12.1. The van der Waals surface area contributed by atoms with Gasteiger partial charge in [-0.25, -0.2) is 9.78 Å². The standard InChI is InChI=1S/C20H21Cl2N3O2/c1-11(27-19(26)23-13-6-7-14(21)15(22)10-13)18-24-16-8-5-12(20(2,3)4)9-17(16)25-18/h5-11H,1-4H3,(H,23,26)(H,24,25). The van der Waals surface area contributed by atoms with Crippen molar-refractivity contribution < 1.29 is 9.53 Å². The number of halogens is 2. The Labute approximate surface area is 168 Å². The third kappa shape index (κ3) is 4.54. The summed E-state index contributed by atoms with van der Waals surface area (Å²) >= 11 is 11.8. The zero-order valence-electron chi connectivity index (χ0n) is 15.6. The Hall–Kier alpha value is -2.24. The number of ether oxygens (including phenoxy) is 1. The number of aromatic amines is 1. The Morgan fingerprint density at radius 3 is 2.56 bits per heavy atom. The van der Waals surface area contributed by atoms with Crippen molar-refractivity contribution in [2.24, 2.45) is 0 Å². The number of anilines is 1. The summed E-state index contributed by atoms with van der Waals surface area (Å²) in [7, 11) is 0. The van der Waals surface area contributed by atoms with Gasteiger partial charge >= 0.3 is 6.09 Å². The molecule has 1 atom stereocenters. The number of fused-ring (bicyclic) bond motifs is 1. The first-order chi connectivity index (χ1) is 12.6. The van der Waals surface area contributed by atoms with E-state index in [2.05, 4.69) is 48.2 Å². The molecule has 2 N–H and O–H groups in total. The van der Waals surface area contributed by atoms with Crippen LogP contribution < -0.4 is 5.32 Å². The molecule has 0 radical (unpaired) electrons. The quantitative estimate of drug-likeness (QED) is 0.523. The number of H-pyrrole nitrogens is 1. The number of nitrogens with one attached hydrogen (secondary N) is 2. The van der Waals surface area contributed by atoms with Crippen molar-refractivity contribution in [2.75, 3.05) is 5.32 Å². The fourth-order valence-electron chi connectivity index (χ4n) is 2.63. The molecule has 27 heavy (non-hydrogen) atoms. The molecule has 1 unspecified atom stereocenters. The van der Waals surface area contributed by atoms with E-state index in [9.17, 15) is 4.79 Å². The molecular weight excluding hydrogens is 385 g/mol. The van der Waals surface area contributed by atoms with Gasteiger partial charge in [-0.2, -0.15) is 0 Å². The highest BCUT2D eigenvalue weighted by molar-refractivity contribution is 6.42. The highest BCUT2D eigenvalue weighted by atomic mass is 35.5. The molecule has 0 saturated heterocycles. The second-order valence-corrected chi connectivity index (χ2v) is 8.22. The predicted molar refractivity (Wildman–Crippen MR) is 110 cm³/mol. The third-order valence-electron chi connectivity index (χ3n) is 4.20. The van der Waals surface area contributed by atoms with Crippen molar-refractivity contribution in [2.45, 2.75) is 39.2 Å². The summed E-state index contributed by atoms with van der Waals surface area (Å²) in [6.07, 6.45) is -1.14. The van der Waals surface area contributed by atoms with Gasteiger partial charge in [0.2, 0.25) is 0 Å². The summed E-state index contributed by atoms with van der Waals surface area (Å²) < 4.78 is 5.42. The van der Waals surface area contributed by atoms with E-state index in [-0.39, 0.29) is 5.41 Å². The van der Waals surface area contributed by atoms with Crippen LogP contribution in [0.4, 0.5) is 10.5 Å². The number of rotatable bonds is 3. The molecule has 0 aliphatic rings. The van der Waals surface area contributed by atoms with Crippen molar-refractivity contribution >= 4 is 46.0 Å². The zero-order valence-corrected chi connectivity index (χ0v) is 17.1. The molecule has 5 nitrogen and oxygen atoms in total. The van der Waals surface area contributed by atoms with E-state index >= 15 is 0 Å². The van der Waals surface area contributed by atoms with Crippen LogP contribution in [0.5, 0.6) is 0 Å². The van der Waals surface area contributed by atoms with Gasteiger partial charge in [-0.05, 0) is 48.2 Å². The molecule has 1 aromatic heterocycles. The van der Waals surface area contributed by atoms with Gasteiger partial charge in [-0.3, -0.25) is 5.32 Å². The molecule has 0 aliphatic heterocycles. The number of hydrogen-bond acceptors (Lipinski definition) is 3. The molecule has 0 spiro atoms. The zero-order chi connectivity index (χ0) is 19.8. The minimum absolute atomic E-state index is 0.0430. The lowest BCUT2D eigenvalue weighted by molar-refractivity contribution is 0.117. The van der Waals surface area contributed by atoms with Crippen molar-refractivity contribution in [3.05, 3.63) is 57.8 Å². The summed E-state index contributed by atoms with van der Waals surface area (Å²) in [5.74, 6) is 0.584. The number of aromatic nitrogens is 2. The topological polar surface area (TPSA) is 67.0 Å². The number of amides is 1. The summed E-state index contributed by atoms with van der Waals surface area (Å²) in [5.41, 5.74) is 3.50. The van der Waals surface area contributed by atoms with E-state index in [0.29, 0.717) is 21.6 Å². The average molecular weight is 406 g/mol. The van der Waals surface area contributed by atoms with E-state index in [1.54, 1.807) is 25.1 Å². The van der Waals surface area contributed by atoms with Crippen LogP contribution in [0.3, 0.4) is 0 Å².